The Bertz CT molecular complexity index is 497. The summed E-state index contributed by atoms with van der Waals surface area (Å²) in [4.78, 5) is 24.9. The molecule has 4 heteroatoms. The highest BCUT2D eigenvalue weighted by atomic mass is 16.5. The van der Waals surface area contributed by atoms with Crippen LogP contribution in [-0.4, -0.2) is 30.6 Å². The van der Waals surface area contributed by atoms with Gasteiger partial charge in [-0.05, 0) is 36.6 Å². The van der Waals surface area contributed by atoms with Crippen LogP contribution in [0.1, 0.15) is 29.8 Å². The lowest BCUT2D eigenvalue weighted by molar-refractivity contribution is 0.0686. The molecule has 0 unspecified atom stereocenters. The maximum atomic E-state index is 12.2. The lowest BCUT2D eigenvalue weighted by atomic mass is 10.1. The third kappa shape index (κ3) is 3.85. The molecule has 1 radical (unpaired) electrons. The van der Waals surface area contributed by atoms with Crippen molar-refractivity contribution in [2.45, 2.75) is 13.8 Å². The van der Waals surface area contributed by atoms with Crippen LogP contribution in [0.3, 0.4) is 0 Å². The summed E-state index contributed by atoms with van der Waals surface area (Å²) < 4.78 is 4.62. The van der Waals surface area contributed by atoms with E-state index in [-0.39, 0.29) is 5.92 Å². The van der Waals surface area contributed by atoms with Gasteiger partial charge in [0.1, 0.15) is 0 Å². The van der Waals surface area contributed by atoms with Crippen molar-refractivity contribution in [3.05, 3.63) is 41.8 Å². The molecule has 0 saturated carbocycles. The third-order valence-corrected chi connectivity index (χ3v) is 2.46. The van der Waals surface area contributed by atoms with Crippen molar-refractivity contribution in [3.8, 4) is 5.92 Å². The van der Waals surface area contributed by atoms with E-state index < -0.39 is 12.0 Å². The summed E-state index contributed by atoms with van der Waals surface area (Å²) in [6.07, 6.45) is 6.31. The van der Waals surface area contributed by atoms with Crippen LogP contribution >= 0.6 is 0 Å². The molecular weight excluding hydrogens is 242 g/mol. The first-order valence-corrected chi connectivity index (χ1v) is 5.92. The summed E-state index contributed by atoms with van der Waals surface area (Å²) in [5, 5.41) is 0. The fraction of sp³-hybridized carbons (Fsp3) is 0.333. The SMILES string of the molecule is [C]#Cc1ccc(C(=O)N(CC(C)C)C(=O)OC)cc1. The number of carbonyl (C=O) groups is 2. The number of rotatable bonds is 3. The fourth-order valence-electron chi connectivity index (χ4n) is 1.57. The van der Waals surface area contributed by atoms with Gasteiger partial charge in [0.15, 0.2) is 0 Å². The van der Waals surface area contributed by atoms with E-state index in [0.29, 0.717) is 17.7 Å². The average Bonchev–Trinajstić information content (AvgIpc) is 2.43. The van der Waals surface area contributed by atoms with Crippen molar-refractivity contribution >= 4 is 12.0 Å². The van der Waals surface area contributed by atoms with E-state index in [1.54, 1.807) is 24.3 Å². The predicted molar refractivity (Wildman–Crippen MR) is 71.0 cm³/mol. The highest BCUT2D eigenvalue weighted by Gasteiger charge is 2.24. The van der Waals surface area contributed by atoms with Crippen LogP contribution in [0.4, 0.5) is 4.79 Å². The Hall–Kier alpha value is -2.28. The molecule has 0 N–H and O–H groups in total. The standard InChI is InChI=1S/C15H16NO3/c1-5-12-6-8-13(9-7-12)14(17)16(10-11(2)3)15(18)19-4/h6-9,11H,10H2,2-4H3. The van der Waals surface area contributed by atoms with Gasteiger partial charge in [-0.3, -0.25) is 4.79 Å². The van der Waals surface area contributed by atoms with Gasteiger partial charge in [-0.2, -0.15) is 0 Å². The van der Waals surface area contributed by atoms with Crippen molar-refractivity contribution in [2.24, 2.45) is 5.92 Å². The van der Waals surface area contributed by atoms with Gasteiger partial charge in [-0.25, -0.2) is 9.69 Å². The van der Waals surface area contributed by atoms with Gasteiger partial charge in [0, 0.05) is 17.7 Å². The van der Waals surface area contributed by atoms with Crippen molar-refractivity contribution in [1.29, 1.82) is 0 Å². The average molecular weight is 258 g/mol. The smallest absolute Gasteiger partial charge is 0.416 e. The normalized spacial score (nSPS) is 9.84. The highest BCUT2D eigenvalue weighted by molar-refractivity contribution is 6.02. The second kappa shape index (κ2) is 6.60. The number of hydrogen-bond acceptors (Lipinski definition) is 3. The van der Waals surface area contributed by atoms with Crippen LogP contribution in [0.2, 0.25) is 0 Å². The minimum absolute atomic E-state index is 0.150. The topological polar surface area (TPSA) is 46.6 Å². The highest BCUT2D eigenvalue weighted by Crippen LogP contribution is 2.10. The molecule has 1 aromatic carbocycles. The van der Waals surface area contributed by atoms with Crippen LogP contribution in [0, 0.1) is 18.3 Å². The number of carbonyl (C=O) groups excluding carboxylic acids is 2. The van der Waals surface area contributed by atoms with Crippen molar-refractivity contribution in [3.63, 3.8) is 0 Å². The Morgan fingerprint density at radius 2 is 1.89 bits per heavy atom. The van der Waals surface area contributed by atoms with E-state index in [2.05, 4.69) is 10.7 Å². The molecule has 0 saturated heterocycles. The molecule has 0 aliphatic heterocycles. The van der Waals surface area contributed by atoms with Gasteiger partial charge in [0.05, 0.1) is 7.11 Å². The summed E-state index contributed by atoms with van der Waals surface area (Å²) in [7, 11) is 1.25. The number of benzene rings is 1. The van der Waals surface area contributed by atoms with E-state index in [1.807, 2.05) is 13.8 Å². The van der Waals surface area contributed by atoms with Crippen LogP contribution < -0.4 is 0 Å². The molecular formula is C15H16NO3. The number of hydrogen-bond donors (Lipinski definition) is 0. The number of ether oxygens (including phenoxy) is 1. The molecule has 0 aromatic heterocycles. The van der Waals surface area contributed by atoms with E-state index in [9.17, 15) is 9.59 Å². The van der Waals surface area contributed by atoms with Crippen LogP contribution in [-0.2, 0) is 4.74 Å². The van der Waals surface area contributed by atoms with Crippen molar-refractivity contribution < 1.29 is 14.3 Å². The number of amides is 2. The quantitative estimate of drug-likeness (QED) is 0.782. The Kier molecular flexibility index (Phi) is 5.13. The Balaban J connectivity index is 2.98. The molecule has 0 aliphatic carbocycles. The number of methoxy groups -OCH3 is 1. The minimum atomic E-state index is -0.665. The molecule has 2 amide bonds. The summed E-state index contributed by atoms with van der Waals surface area (Å²) in [5.41, 5.74) is 0.954. The molecule has 0 atom stereocenters. The van der Waals surface area contributed by atoms with E-state index in [0.717, 1.165) is 4.90 Å². The first kappa shape index (κ1) is 14.8. The monoisotopic (exact) mass is 258 g/mol. The van der Waals surface area contributed by atoms with E-state index in [1.165, 1.54) is 7.11 Å². The zero-order valence-electron chi connectivity index (χ0n) is 11.3. The van der Waals surface area contributed by atoms with Crippen molar-refractivity contribution in [1.82, 2.24) is 4.90 Å². The molecule has 0 spiro atoms. The van der Waals surface area contributed by atoms with Crippen LogP contribution in [0.15, 0.2) is 24.3 Å². The molecule has 1 aromatic rings. The molecule has 0 bridgehead atoms. The molecule has 0 fully saturated rings. The van der Waals surface area contributed by atoms with Gasteiger partial charge in [-0.15, -0.1) is 0 Å². The first-order chi connectivity index (χ1) is 8.99. The largest absolute Gasteiger partial charge is 0.452 e. The summed E-state index contributed by atoms with van der Waals surface area (Å²) in [6, 6.07) is 6.33. The summed E-state index contributed by atoms with van der Waals surface area (Å²) in [6.45, 7) is 4.12. The zero-order chi connectivity index (χ0) is 14.4. The Morgan fingerprint density at radius 1 is 1.32 bits per heavy atom. The molecule has 99 valence electrons. The van der Waals surface area contributed by atoms with Gasteiger partial charge >= 0.3 is 6.09 Å². The molecule has 4 nitrogen and oxygen atoms in total. The van der Waals surface area contributed by atoms with Crippen LogP contribution in [0.5, 0.6) is 0 Å². The van der Waals surface area contributed by atoms with Crippen LogP contribution in [0.25, 0.3) is 0 Å². The lowest BCUT2D eigenvalue weighted by Gasteiger charge is -2.21. The molecule has 0 aliphatic rings. The predicted octanol–water partition coefficient (Wildman–Crippen LogP) is 2.49. The summed E-state index contributed by atoms with van der Waals surface area (Å²) in [5.74, 6) is 1.97. The van der Waals surface area contributed by atoms with Gasteiger partial charge in [0.2, 0.25) is 0 Å². The third-order valence-electron chi connectivity index (χ3n) is 2.46. The number of imide groups is 1. The van der Waals surface area contributed by atoms with Gasteiger partial charge in [-0.1, -0.05) is 19.8 Å². The lowest BCUT2D eigenvalue weighted by Crippen LogP contribution is -2.39. The Morgan fingerprint density at radius 3 is 2.32 bits per heavy atom. The molecule has 0 heterocycles. The Labute approximate surface area is 113 Å². The van der Waals surface area contributed by atoms with Gasteiger partial charge < -0.3 is 4.74 Å². The maximum absolute atomic E-state index is 12.2. The number of nitrogens with zero attached hydrogens (tertiary/aromatic N) is 1. The van der Waals surface area contributed by atoms with E-state index >= 15 is 0 Å². The summed E-state index contributed by atoms with van der Waals surface area (Å²) >= 11 is 0. The second-order valence-corrected chi connectivity index (χ2v) is 4.48. The maximum Gasteiger partial charge on any atom is 0.416 e. The molecule has 19 heavy (non-hydrogen) atoms. The first-order valence-electron chi connectivity index (χ1n) is 5.92. The van der Waals surface area contributed by atoms with E-state index in [4.69, 9.17) is 6.42 Å². The zero-order valence-corrected chi connectivity index (χ0v) is 11.3. The minimum Gasteiger partial charge on any atom is -0.452 e. The molecule has 1 rings (SSSR count). The fourth-order valence-corrected chi connectivity index (χ4v) is 1.57. The second-order valence-electron chi connectivity index (χ2n) is 4.48. The van der Waals surface area contributed by atoms with Crippen molar-refractivity contribution in [2.75, 3.05) is 13.7 Å². The van der Waals surface area contributed by atoms with Gasteiger partial charge in [0.25, 0.3) is 5.91 Å².